The van der Waals surface area contributed by atoms with Gasteiger partial charge < -0.3 is 4.74 Å². The summed E-state index contributed by atoms with van der Waals surface area (Å²) in [7, 11) is 0. The molecule has 0 aliphatic carbocycles. The van der Waals surface area contributed by atoms with Gasteiger partial charge in [-0.25, -0.2) is 0 Å². The van der Waals surface area contributed by atoms with Gasteiger partial charge in [-0.1, -0.05) is 56.3 Å². The second kappa shape index (κ2) is 6.76. The van der Waals surface area contributed by atoms with E-state index in [1.165, 1.54) is 11.1 Å². The van der Waals surface area contributed by atoms with E-state index in [1.807, 2.05) is 24.3 Å². The van der Waals surface area contributed by atoms with Crippen LogP contribution in [0, 0.1) is 0 Å². The number of hydrogen-bond acceptors (Lipinski definition) is 1. The highest BCUT2D eigenvalue weighted by Gasteiger charge is 2.13. The van der Waals surface area contributed by atoms with E-state index >= 15 is 0 Å². The second-order valence-electron chi connectivity index (χ2n) is 4.74. The number of benzene rings is 2. The summed E-state index contributed by atoms with van der Waals surface area (Å²) in [5, 5.41) is 0. The van der Waals surface area contributed by atoms with E-state index in [4.69, 9.17) is 4.74 Å². The molecule has 19 heavy (non-hydrogen) atoms. The summed E-state index contributed by atoms with van der Waals surface area (Å²) in [4.78, 5) is 0. The molecule has 0 bridgehead atoms. The number of hydrogen-bond donors (Lipinski definition) is 0. The minimum atomic E-state index is 0.503. The average Bonchev–Trinajstić information content (AvgIpc) is 2.46. The van der Waals surface area contributed by atoms with Gasteiger partial charge in [0.25, 0.3) is 0 Å². The van der Waals surface area contributed by atoms with E-state index in [9.17, 15) is 0 Å². The van der Waals surface area contributed by atoms with E-state index < -0.39 is 0 Å². The van der Waals surface area contributed by atoms with Crippen LogP contribution >= 0.6 is 15.9 Å². The van der Waals surface area contributed by atoms with Gasteiger partial charge in [0, 0.05) is 0 Å². The van der Waals surface area contributed by atoms with Crippen molar-refractivity contribution >= 4 is 15.9 Å². The van der Waals surface area contributed by atoms with Crippen molar-refractivity contribution in [2.24, 2.45) is 0 Å². The number of rotatable bonds is 5. The van der Waals surface area contributed by atoms with Crippen LogP contribution in [-0.4, -0.2) is 0 Å². The highest BCUT2D eigenvalue weighted by molar-refractivity contribution is 9.10. The zero-order valence-electron chi connectivity index (χ0n) is 11.4. The van der Waals surface area contributed by atoms with Crippen molar-refractivity contribution < 1.29 is 4.74 Å². The van der Waals surface area contributed by atoms with E-state index in [-0.39, 0.29) is 0 Å². The lowest BCUT2D eigenvalue weighted by molar-refractivity contribution is 0.299. The molecule has 0 aliphatic heterocycles. The largest absolute Gasteiger partial charge is 0.487 e. The Morgan fingerprint density at radius 2 is 1.79 bits per heavy atom. The van der Waals surface area contributed by atoms with Crippen molar-refractivity contribution in [2.45, 2.75) is 32.8 Å². The van der Waals surface area contributed by atoms with Gasteiger partial charge in [0.1, 0.15) is 12.4 Å². The number of ether oxygens (including phenoxy) is 1. The Balaban J connectivity index is 2.19. The molecule has 0 amide bonds. The van der Waals surface area contributed by atoms with Crippen LogP contribution in [0.15, 0.2) is 53.0 Å². The third-order valence-corrected chi connectivity index (χ3v) is 3.99. The molecule has 0 radical (unpaired) electrons. The summed E-state index contributed by atoms with van der Waals surface area (Å²) < 4.78 is 7.06. The SMILES string of the molecule is CCC(C)c1cccc(Br)c1OCc1ccccc1. The molecule has 2 rings (SSSR count). The molecular weight excluding hydrogens is 300 g/mol. The van der Waals surface area contributed by atoms with Crippen molar-refractivity contribution in [3.63, 3.8) is 0 Å². The predicted molar refractivity (Wildman–Crippen MR) is 83.6 cm³/mol. The molecular formula is C17H19BrO. The summed E-state index contributed by atoms with van der Waals surface area (Å²) in [5.41, 5.74) is 2.46. The maximum absolute atomic E-state index is 6.03. The minimum Gasteiger partial charge on any atom is -0.487 e. The van der Waals surface area contributed by atoms with E-state index in [0.717, 1.165) is 16.6 Å². The van der Waals surface area contributed by atoms with Gasteiger partial charge in [0.05, 0.1) is 4.47 Å². The number of halogens is 1. The lowest BCUT2D eigenvalue weighted by Crippen LogP contribution is -2.01. The Hall–Kier alpha value is -1.28. The van der Waals surface area contributed by atoms with Crippen molar-refractivity contribution in [2.75, 3.05) is 0 Å². The van der Waals surface area contributed by atoms with Crippen LogP contribution in [0.4, 0.5) is 0 Å². The van der Waals surface area contributed by atoms with E-state index in [2.05, 4.69) is 54.0 Å². The average molecular weight is 319 g/mol. The molecule has 0 saturated heterocycles. The fourth-order valence-electron chi connectivity index (χ4n) is 2.02. The molecule has 0 saturated carbocycles. The maximum Gasteiger partial charge on any atom is 0.137 e. The molecule has 0 N–H and O–H groups in total. The minimum absolute atomic E-state index is 0.503. The Morgan fingerprint density at radius 1 is 1.05 bits per heavy atom. The molecule has 2 aromatic rings. The second-order valence-corrected chi connectivity index (χ2v) is 5.60. The Morgan fingerprint density at radius 3 is 2.47 bits per heavy atom. The lowest BCUT2D eigenvalue weighted by atomic mass is 9.98. The standard InChI is InChI=1S/C17H19BrO/c1-3-13(2)15-10-7-11-16(18)17(15)19-12-14-8-5-4-6-9-14/h4-11,13H,3,12H2,1-2H3. The zero-order chi connectivity index (χ0) is 13.7. The van der Waals surface area contributed by atoms with Crippen LogP contribution in [0.2, 0.25) is 0 Å². The van der Waals surface area contributed by atoms with Crippen LogP contribution in [0.3, 0.4) is 0 Å². The van der Waals surface area contributed by atoms with E-state index in [0.29, 0.717) is 12.5 Å². The molecule has 0 aliphatic rings. The normalized spacial score (nSPS) is 12.2. The van der Waals surface area contributed by atoms with Crippen LogP contribution in [0.5, 0.6) is 5.75 Å². The quantitative estimate of drug-likeness (QED) is 0.703. The fourth-order valence-corrected chi connectivity index (χ4v) is 2.51. The molecule has 2 heteroatoms. The van der Waals surface area contributed by atoms with Gasteiger partial charge >= 0.3 is 0 Å². The molecule has 1 nitrogen and oxygen atoms in total. The molecule has 100 valence electrons. The van der Waals surface area contributed by atoms with Crippen LogP contribution in [-0.2, 0) is 6.61 Å². The predicted octanol–water partition coefficient (Wildman–Crippen LogP) is 5.54. The van der Waals surface area contributed by atoms with Crippen molar-refractivity contribution in [3.8, 4) is 5.75 Å². The fraction of sp³-hybridized carbons (Fsp3) is 0.294. The Labute approximate surface area is 123 Å². The first kappa shape index (κ1) is 14.1. The summed E-state index contributed by atoms with van der Waals surface area (Å²) in [5.74, 6) is 1.48. The summed E-state index contributed by atoms with van der Waals surface area (Å²) in [6.07, 6.45) is 1.11. The highest BCUT2D eigenvalue weighted by atomic mass is 79.9. The third kappa shape index (κ3) is 3.60. The monoisotopic (exact) mass is 318 g/mol. The molecule has 2 aromatic carbocycles. The van der Waals surface area contributed by atoms with Gasteiger partial charge in [-0.05, 0) is 45.5 Å². The van der Waals surface area contributed by atoms with Crippen molar-refractivity contribution in [1.82, 2.24) is 0 Å². The Kier molecular flexibility index (Phi) is 5.03. The smallest absolute Gasteiger partial charge is 0.137 e. The van der Waals surface area contributed by atoms with Crippen molar-refractivity contribution in [3.05, 3.63) is 64.1 Å². The zero-order valence-corrected chi connectivity index (χ0v) is 13.0. The molecule has 0 heterocycles. The lowest BCUT2D eigenvalue weighted by Gasteiger charge is -2.17. The van der Waals surface area contributed by atoms with Crippen LogP contribution < -0.4 is 4.74 Å². The molecule has 1 unspecified atom stereocenters. The first-order valence-corrected chi connectivity index (χ1v) is 7.46. The third-order valence-electron chi connectivity index (χ3n) is 3.37. The maximum atomic E-state index is 6.03. The topological polar surface area (TPSA) is 9.23 Å². The van der Waals surface area contributed by atoms with Gasteiger partial charge in [-0.3, -0.25) is 0 Å². The van der Waals surface area contributed by atoms with Gasteiger partial charge in [-0.2, -0.15) is 0 Å². The van der Waals surface area contributed by atoms with Gasteiger partial charge in [-0.15, -0.1) is 0 Å². The molecule has 0 fully saturated rings. The first-order chi connectivity index (χ1) is 9.22. The van der Waals surface area contributed by atoms with Gasteiger partial charge in [0.2, 0.25) is 0 Å². The molecule has 0 spiro atoms. The molecule has 0 aromatic heterocycles. The van der Waals surface area contributed by atoms with Crippen molar-refractivity contribution in [1.29, 1.82) is 0 Å². The van der Waals surface area contributed by atoms with Crippen LogP contribution in [0.25, 0.3) is 0 Å². The summed E-state index contributed by atoms with van der Waals surface area (Å²) >= 11 is 3.59. The first-order valence-electron chi connectivity index (χ1n) is 6.67. The highest BCUT2D eigenvalue weighted by Crippen LogP contribution is 2.35. The van der Waals surface area contributed by atoms with Gasteiger partial charge in [0.15, 0.2) is 0 Å². The van der Waals surface area contributed by atoms with E-state index in [1.54, 1.807) is 0 Å². The Bertz CT molecular complexity index is 522. The molecule has 1 atom stereocenters. The van der Waals surface area contributed by atoms with Crippen LogP contribution in [0.1, 0.15) is 37.3 Å². The summed E-state index contributed by atoms with van der Waals surface area (Å²) in [6.45, 7) is 5.04. The summed E-state index contributed by atoms with van der Waals surface area (Å²) in [6, 6.07) is 16.5. The number of para-hydroxylation sites is 1.